The molecule has 0 unspecified atom stereocenters. The Morgan fingerprint density at radius 1 is 1.00 bits per heavy atom. The maximum absolute atomic E-state index is 12.1. The predicted octanol–water partition coefficient (Wildman–Crippen LogP) is 2.93. The zero-order chi connectivity index (χ0) is 15.2. The number of Topliss-reactive ketones (excluding diaryl/α,β-unsaturated/α-hetero) is 2. The van der Waals surface area contributed by atoms with E-state index in [0.717, 1.165) is 0 Å². The fraction of sp³-hybridized carbons (Fsp3) is 0.846. The molecule has 0 fully saturated rings. The van der Waals surface area contributed by atoms with Gasteiger partial charge in [-0.3, -0.25) is 14.2 Å². The smallest absolute Gasteiger partial charge is 0.312 e. The van der Waals surface area contributed by atoms with Crippen LogP contribution in [-0.2, 0) is 23.2 Å². The first kappa shape index (κ1) is 18.5. The molecule has 19 heavy (non-hydrogen) atoms. The fourth-order valence-electron chi connectivity index (χ4n) is 1.88. The van der Waals surface area contributed by atoms with Gasteiger partial charge in [0.05, 0.1) is 0 Å². The lowest BCUT2D eigenvalue weighted by molar-refractivity contribution is -0.126. The first-order valence-corrected chi connectivity index (χ1v) is 8.21. The molecule has 0 saturated heterocycles. The van der Waals surface area contributed by atoms with E-state index in [-0.39, 0.29) is 35.5 Å². The summed E-state index contributed by atoms with van der Waals surface area (Å²) in [5.74, 6) is -0.705. The first-order chi connectivity index (χ1) is 8.72. The first-order valence-electron chi connectivity index (χ1n) is 6.48. The minimum Gasteiger partial charge on any atom is -0.312 e. The van der Waals surface area contributed by atoms with Gasteiger partial charge in [0, 0.05) is 32.5 Å². The molecule has 6 heteroatoms. The van der Waals surface area contributed by atoms with Gasteiger partial charge in [0.25, 0.3) is 0 Å². The summed E-state index contributed by atoms with van der Waals surface area (Å²) in [6.45, 7) is 7.25. The van der Waals surface area contributed by atoms with Crippen LogP contribution in [0.1, 0.15) is 34.1 Å². The predicted molar refractivity (Wildman–Crippen MR) is 74.3 cm³/mol. The second kappa shape index (κ2) is 7.93. The van der Waals surface area contributed by atoms with Crippen LogP contribution in [0.4, 0.5) is 0 Å². The van der Waals surface area contributed by atoms with Crippen LogP contribution in [0, 0.1) is 17.8 Å². The molecule has 0 saturated carbocycles. The highest BCUT2D eigenvalue weighted by Crippen LogP contribution is 2.47. The normalized spacial score (nSPS) is 16.7. The molecule has 0 N–H and O–H groups in total. The Bertz CT molecular complexity index is 358. The van der Waals surface area contributed by atoms with Gasteiger partial charge < -0.3 is 9.05 Å². The molecule has 112 valence electrons. The molecule has 0 aliphatic rings. The van der Waals surface area contributed by atoms with Gasteiger partial charge in [0.1, 0.15) is 17.7 Å². The van der Waals surface area contributed by atoms with Crippen molar-refractivity contribution in [3.05, 3.63) is 0 Å². The summed E-state index contributed by atoms with van der Waals surface area (Å²) in [5.41, 5.74) is 0. The van der Waals surface area contributed by atoms with E-state index in [2.05, 4.69) is 0 Å². The van der Waals surface area contributed by atoms with Gasteiger partial charge in [-0.2, -0.15) is 0 Å². The van der Waals surface area contributed by atoms with Crippen molar-refractivity contribution >= 4 is 19.2 Å². The molecule has 5 nitrogen and oxygen atoms in total. The van der Waals surface area contributed by atoms with Gasteiger partial charge in [-0.1, -0.05) is 27.7 Å². The lowest BCUT2D eigenvalue weighted by Gasteiger charge is -2.25. The molecule has 0 radical (unpaired) electrons. The van der Waals surface area contributed by atoms with E-state index in [9.17, 15) is 14.2 Å². The Morgan fingerprint density at radius 2 is 1.42 bits per heavy atom. The topological polar surface area (TPSA) is 69.7 Å². The molecule has 0 aromatic rings. The molecule has 0 aliphatic carbocycles. The average Bonchev–Trinajstić information content (AvgIpc) is 2.43. The van der Waals surface area contributed by atoms with Crippen LogP contribution >= 0.6 is 7.60 Å². The Kier molecular flexibility index (Phi) is 7.72. The van der Waals surface area contributed by atoms with Gasteiger partial charge in [-0.15, -0.1) is 0 Å². The van der Waals surface area contributed by atoms with Crippen molar-refractivity contribution in [3.63, 3.8) is 0 Å². The number of carbonyl (C=O) groups excluding carboxylic acids is 2. The molecule has 0 spiro atoms. The molecule has 0 rings (SSSR count). The summed E-state index contributed by atoms with van der Waals surface area (Å²) < 4.78 is 21.4. The van der Waals surface area contributed by atoms with Gasteiger partial charge in [0.2, 0.25) is 0 Å². The van der Waals surface area contributed by atoms with E-state index in [0.29, 0.717) is 6.42 Å². The molecule has 0 aromatic heterocycles. The molecule has 3 atom stereocenters. The van der Waals surface area contributed by atoms with E-state index in [1.807, 2.05) is 20.8 Å². The van der Waals surface area contributed by atoms with Gasteiger partial charge >= 0.3 is 7.60 Å². The number of rotatable bonds is 9. The third-order valence-electron chi connectivity index (χ3n) is 3.85. The Labute approximate surface area is 115 Å². The Balaban J connectivity index is 4.74. The van der Waals surface area contributed by atoms with Crippen LogP contribution in [0.15, 0.2) is 0 Å². The summed E-state index contributed by atoms with van der Waals surface area (Å²) in [6.07, 6.45) is 0.208. The fourth-order valence-corrected chi connectivity index (χ4v) is 2.96. The van der Waals surface area contributed by atoms with Crippen molar-refractivity contribution in [1.82, 2.24) is 0 Å². The summed E-state index contributed by atoms with van der Waals surface area (Å²) in [4.78, 5) is 23.8. The quantitative estimate of drug-likeness (QED) is 0.611. The average molecular weight is 292 g/mol. The highest BCUT2D eigenvalue weighted by Gasteiger charge is 2.33. The van der Waals surface area contributed by atoms with Crippen LogP contribution in [-0.4, -0.2) is 31.9 Å². The molecule has 0 bridgehead atoms. The van der Waals surface area contributed by atoms with Crippen LogP contribution in [0.2, 0.25) is 0 Å². The number of ketones is 2. The monoisotopic (exact) mass is 292 g/mol. The highest BCUT2D eigenvalue weighted by molar-refractivity contribution is 7.54. The summed E-state index contributed by atoms with van der Waals surface area (Å²) in [5, 5.41) is 0. The zero-order valence-electron chi connectivity index (χ0n) is 12.6. The largest absolute Gasteiger partial charge is 0.337 e. The second-order valence-electron chi connectivity index (χ2n) is 4.86. The second-order valence-corrected chi connectivity index (χ2v) is 7.13. The molecular formula is C13H25O5P. The maximum Gasteiger partial charge on any atom is 0.337 e. The van der Waals surface area contributed by atoms with E-state index < -0.39 is 7.60 Å². The van der Waals surface area contributed by atoms with Crippen molar-refractivity contribution in [1.29, 1.82) is 0 Å². The van der Waals surface area contributed by atoms with Crippen molar-refractivity contribution in [2.75, 3.05) is 20.4 Å². The lowest BCUT2D eigenvalue weighted by Crippen LogP contribution is -2.30. The van der Waals surface area contributed by atoms with Gasteiger partial charge in [-0.05, 0) is 5.92 Å². The highest BCUT2D eigenvalue weighted by atomic mass is 31.2. The molecule has 0 amide bonds. The Hall–Kier alpha value is -0.510. The van der Waals surface area contributed by atoms with E-state index in [1.54, 1.807) is 6.92 Å². The van der Waals surface area contributed by atoms with Crippen LogP contribution in [0.3, 0.4) is 0 Å². The minimum absolute atomic E-state index is 0.0953. The third-order valence-corrected chi connectivity index (χ3v) is 5.66. The molecule has 0 aliphatic heterocycles. The summed E-state index contributed by atoms with van der Waals surface area (Å²) in [7, 11) is -0.809. The van der Waals surface area contributed by atoms with Crippen molar-refractivity contribution in [2.45, 2.75) is 34.1 Å². The van der Waals surface area contributed by atoms with E-state index in [1.165, 1.54) is 14.2 Å². The van der Waals surface area contributed by atoms with Crippen LogP contribution in [0.25, 0.3) is 0 Å². The van der Waals surface area contributed by atoms with Gasteiger partial charge in [-0.25, -0.2) is 0 Å². The van der Waals surface area contributed by atoms with E-state index >= 15 is 0 Å². The van der Waals surface area contributed by atoms with Crippen LogP contribution < -0.4 is 0 Å². The number of hydrogen-bond donors (Lipinski definition) is 0. The SMILES string of the molecule is CCC(=O)[C@@H](C)[C@H](C)[C@@H](C)C(=O)CP(=O)(OC)OC. The molecule has 0 heterocycles. The summed E-state index contributed by atoms with van der Waals surface area (Å²) >= 11 is 0. The van der Waals surface area contributed by atoms with Gasteiger partial charge in [0.15, 0.2) is 0 Å². The van der Waals surface area contributed by atoms with Crippen molar-refractivity contribution in [2.24, 2.45) is 17.8 Å². The third kappa shape index (κ3) is 5.17. The Morgan fingerprint density at radius 3 is 1.79 bits per heavy atom. The summed E-state index contributed by atoms with van der Waals surface area (Å²) in [6, 6.07) is 0. The maximum atomic E-state index is 12.1. The zero-order valence-corrected chi connectivity index (χ0v) is 13.5. The minimum atomic E-state index is -3.33. The standard InChI is InChI=1S/C13H25O5P/c1-7-12(14)10(3)9(2)11(4)13(15)8-19(16,17-5)18-6/h9-11H,7-8H2,1-6H3/t9-,10-,11+/m0/s1. The lowest BCUT2D eigenvalue weighted by atomic mass is 9.80. The molecular weight excluding hydrogens is 267 g/mol. The van der Waals surface area contributed by atoms with Crippen LogP contribution in [0.5, 0.6) is 0 Å². The molecule has 0 aromatic carbocycles. The number of hydrogen-bond acceptors (Lipinski definition) is 5. The number of carbonyl (C=O) groups is 2. The van der Waals surface area contributed by atoms with Crippen molar-refractivity contribution < 1.29 is 23.2 Å². The van der Waals surface area contributed by atoms with Crippen molar-refractivity contribution in [3.8, 4) is 0 Å². The van der Waals surface area contributed by atoms with E-state index in [4.69, 9.17) is 9.05 Å².